The van der Waals surface area contributed by atoms with Crippen LogP contribution in [0.1, 0.15) is 28.1 Å². The van der Waals surface area contributed by atoms with Gasteiger partial charge in [-0.3, -0.25) is 4.79 Å². The minimum atomic E-state index is -3.44. The first-order valence-electron chi connectivity index (χ1n) is 7.99. The van der Waals surface area contributed by atoms with Gasteiger partial charge in [0.25, 0.3) is 15.9 Å². The van der Waals surface area contributed by atoms with Crippen LogP contribution in [0.4, 0.5) is 0 Å². The Morgan fingerprint density at radius 2 is 1.79 bits per heavy atom. The molecule has 0 radical (unpaired) electrons. The fourth-order valence-electron chi connectivity index (χ4n) is 2.69. The van der Waals surface area contributed by atoms with Gasteiger partial charge in [0, 0.05) is 19.6 Å². The predicted molar refractivity (Wildman–Crippen MR) is 94.8 cm³/mol. The minimum absolute atomic E-state index is 0.223. The van der Waals surface area contributed by atoms with E-state index in [1.165, 1.54) is 10.4 Å². The highest BCUT2D eigenvalue weighted by Crippen LogP contribution is 2.27. The third kappa shape index (κ3) is 3.85. The van der Waals surface area contributed by atoms with Crippen LogP contribution in [0.15, 0.2) is 46.7 Å². The molecule has 0 aliphatic carbocycles. The molecule has 1 fully saturated rings. The van der Waals surface area contributed by atoms with Gasteiger partial charge in [0.1, 0.15) is 4.21 Å². The number of nitrogens with one attached hydrogen (secondary N) is 1. The molecule has 0 bridgehead atoms. The largest absolute Gasteiger partial charge is 0.351 e. The molecule has 1 aliphatic rings. The molecule has 0 atom stereocenters. The van der Waals surface area contributed by atoms with Gasteiger partial charge in [0.2, 0.25) is 0 Å². The zero-order valence-corrected chi connectivity index (χ0v) is 14.9. The number of sulfonamides is 1. The molecule has 0 spiro atoms. The molecule has 128 valence electrons. The topological polar surface area (TPSA) is 66.5 Å². The summed E-state index contributed by atoms with van der Waals surface area (Å²) in [5.74, 6) is -0.223. The number of nitrogens with zero attached hydrogens (tertiary/aromatic N) is 1. The Morgan fingerprint density at radius 3 is 2.50 bits per heavy atom. The van der Waals surface area contributed by atoms with E-state index in [1.807, 2.05) is 30.3 Å². The number of thiophene rings is 1. The summed E-state index contributed by atoms with van der Waals surface area (Å²) >= 11 is 1.04. The number of rotatable bonds is 6. The van der Waals surface area contributed by atoms with Crippen LogP contribution in [-0.4, -0.2) is 38.3 Å². The van der Waals surface area contributed by atoms with E-state index >= 15 is 0 Å². The Bertz CT molecular complexity index is 794. The smallest absolute Gasteiger partial charge is 0.261 e. The van der Waals surface area contributed by atoms with Crippen LogP contribution in [-0.2, 0) is 16.4 Å². The molecule has 1 aromatic carbocycles. The third-order valence-corrected chi connectivity index (χ3v) is 7.46. The van der Waals surface area contributed by atoms with E-state index in [9.17, 15) is 13.2 Å². The molecule has 2 aromatic rings. The van der Waals surface area contributed by atoms with E-state index in [-0.39, 0.29) is 10.1 Å². The summed E-state index contributed by atoms with van der Waals surface area (Å²) in [6.45, 7) is 1.66. The molecular weight excluding hydrogens is 344 g/mol. The third-order valence-electron chi connectivity index (χ3n) is 4.01. The van der Waals surface area contributed by atoms with E-state index in [0.29, 0.717) is 24.5 Å². The average molecular weight is 364 g/mol. The standard InChI is InChI=1S/C17H20N2O3S2/c20-17(18-11-10-14-6-2-1-3-7-14)15-8-9-16(23-15)24(21,22)19-12-4-5-13-19/h1-3,6-9H,4-5,10-13H2,(H,18,20). The number of benzene rings is 1. The van der Waals surface area contributed by atoms with Gasteiger partial charge >= 0.3 is 0 Å². The van der Waals surface area contributed by atoms with E-state index in [0.717, 1.165) is 36.2 Å². The molecule has 1 saturated heterocycles. The molecule has 0 saturated carbocycles. The normalized spacial score (nSPS) is 15.5. The predicted octanol–water partition coefficient (Wildman–Crippen LogP) is 2.51. The Balaban J connectivity index is 1.59. The first kappa shape index (κ1) is 17.1. The Hall–Kier alpha value is -1.70. The van der Waals surface area contributed by atoms with Gasteiger partial charge in [-0.25, -0.2) is 8.42 Å². The molecular formula is C17H20N2O3S2. The summed E-state index contributed by atoms with van der Waals surface area (Å²) < 4.78 is 26.7. The molecule has 1 aromatic heterocycles. The summed E-state index contributed by atoms with van der Waals surface area (Å²) in [6.07, 6.45) is 2.55. The second-order valence-electron chi connectivity index (χ2n) is 5.72. The van der Waals surface area contributed by atoms with Gasteiger partial charge in [0.15, 0.2) is 0 Å². The average Bonchev–Trinajstić information content (AvgIpc) is 3.28. The Morgan fingerprint density at radius 1 is 1.08 bits per heavy atom. The lowest BCUT2D eigenvalue weighted by molar-refractivity contribution is 0.0958. The van der Waals surface area contributed by atoms with Crippen molar-refractivity contribution < 1.29 is 13.2 Å². The molecule has 5 nitrogen and oxygen atoms in total. The fraction of sp³-hybridized carbons (Fsp3) is 0.353. The number of hydrogen-bond donors (Lipinski definition) is 1. The van der Waals surface area contributed by atoms with Crippen molar-refractivity contribution >= 4 is 27.3 Å². The molecule has 24 heavy (non-hydrogen) atoms. The van der Waals surface area contributed by atoms with E-state index in [4.69, 9.17) is 0 Å². The Kier molecular flexibility index (Phi) is 5.33. The van der Waals surface area contributed by atoms with Gasteiger partial charge in [-0.05, 0) is 37.0 Å². The first-order chi connectivity index (χ1) is 11.6. The number of hydrogen-bond acceptors (Lipinski definition) is 4. The van der Waals surface area contributed by atoms with Crippen molar-refractivity contribution in [2.75, 3.05) is 19.6 Å². The number of carbonyl (C=O) groups is 1. The minimum Gasteiger partial charge on any atom is -0.351 e. The van der Waals surface area contributed by atoms with Crippen molar-refractivity contribution in [3.63, 3.8) is 0 Å². The molecule has 0 unspecified atom stereocenters. The summed E-state index contributed by atoms with van der Waals surface area (Å²) in [5.41, 5.74) is 1.15. The van der Waals surface area contributed by atoms with Crippen molar-refractivity contribution in [3.8, 4) is 0 Å². The van der Waals surface area contributed by atoms with Crippen LogP contribution in [0.5, 0.6) is 0 Å². The summed E-state index contributed by atoms with van der Waals surface area (Å²) in [4.78, 5) is 12.6. The van der Waals surface area contributed by atoms with Crippen molar-refractivity contribution in [1.82, 2.24) is 9.62 Å². The van der Waals surface area contributed by atoms with Crippen LogP contribution >= 0.6 is 11.3 Å². The second kappa shape index (κ2) is 7.46. The molecule has 3 rings (SSSR count). The van der Waals surface area contributed by atoms with Gasteiger partial charge in [-0.1, -0.05) is 30.3 Å². The number of amides is 1. The van der Waals surface area contributed by atoms with Crippen molar-refractivity contribution in [1.29, 1.82) is 0 Å². The van der Waals surface area contributed by atoms with Crippen molar-refractivity contribution in [3.05, 3.63) is 52.9 Å². The van der Waals surface area contributed by atoms with E-state index in [1.54, 1.807) is 6.07 Å². The van der Waals surface area contributed by atoms with Crippen molar-refractivity contribution in [2.45, 2.75) is 23.5 Å². The molecule has 7 heteroatoms. The molecule has 2 heterocycles. The van der Waals surface area contributed by atoms with Gasteiger partial charge in [-0.2, -0.15) is 4.31 Å². The molecule has 1 aliphatic heterocycles. The highest BCUT2D eigenvalue weighted by Gasteiger charge is 2.29. The van der Waals surface area contributed by atoms with E-state index < -0.39 is 10.0 Å². The fourth-order valence-corrected chi connectivity index (χ4v) is 5.58. The van der Waals surface area contributed by atoms with Crippen LogP contribution in [0.2, 0.25) is 0 Å². The lowest BCUT2D eigenvalue weighted by atomic mass is 10.1. The lowest BCUT2D eigenvalue weighted by Crippen LogP contribution is -2.27. The second-order valence-corrected chi connectivity index (χ2v) is 8.97. The number of carbonyl (C=O) groups excluding carboxylic acids is 1. The zero-order valence-electron chi connectivity index (χ0n) is 13.3. The molecule has 1 amide bonds. The Labute approximate surface area is 146 Å². The zero-order chi connectivity index (χ0) is 17.0. The maximum atomic E-state index is 12.5. The van der Waals surface area contributed by atoms with Gasteiger partial charge in [0.05, 0.1) is 4.88 Å². The molecule has 1 N–H and O–H groups in total. The van der Waals surface area contributed by atoms with Gasteiger partial charge in [-0.15, -0.1) is 11.3 Å². The van der Waals surface area contributed by atoms with Crippen molar-refractivity contribution in [2.24, 2.45) is 0 Å². The van der Waals surface area contributed by atoms with Crippen LogP contribution in [0, 0.1) is 0 Å². The summed E-state index contributed by atoms with van der Waals surface area (Å²) in [6, 6.07) is 13.0. The van der Waals surface area contributed by atoms with Crippen LogP contribution < -0.4 is 5.32 Å². The lowest BCUT2D eigenvalue weighted by Gasteiger charge is -2.13. The van der Waals surface area contributed by atoms with Gasteiger partial charge < -0.3 is 5.32 Å². The monoisotopic (exact) mass is 364 g/mol. The summed E-state index contributed by atoms with van der Waals surface area (Å²) in [5, 5.41) is 2.84. The maximum Gasteiger partial charge on any atom is 0.261 e. The maximum absolute atomic E-state index is 12.5. The van der Waals surface area contributed by atoms with E-state index in [2.05, 4.69) is 5.32 Å². The SMILES string of the molecule is O=C(NCCc1ccccc1)c1ccc(S(=O)(=O)N2CCCC2)s1. The highest BCUT2D eigenvalue weighted by molar-refractivity contribution is 7.91. The quantitative estimate of drug-likeness (QED) is 0.856. The van der Waals surface area contributed by atoms with Crippen LogP contribution in [0.3, 0.4) is 0 Å². The summed E-state index contributed by atoms with van der Waals surface area (Å²) in [7, 11) is -3.44. The first-order valence-corrected chi connectivity index (χ1v) is 10.2. The van der Waals surface area contributed by atoms with Crippen LogP contribution in [0.25, 0.3) is 0 Å². The highest BCUT2D eigenvalue weighted by atomic mass is 32.2.